The van der Waals surface area contributed by atoms with E-state index in [0.29, 0.717) is 32.5 Å². The minimum absolute atomic E-state index is 0.0208. The molecule has 0 fully saturated rings. The van der Waals surface area contributed by atoms with Crippen LogP contribution in [-0.2, 0) is 36.1 Å². The van der Waals surface area contributed by atoms with Gasteiger partial charge in [-0.1, -0.05) is 43.7 Å². The zero-order chi connectivity index (χ0) is 22.8. The summed E-state index contributed by atoms with van der Waals surface area (Å²) in [7, 11) is 1.96. The molecule has 0 saturated carbocycles. The van der Waals surface area contributed by atoms with Crippen LogP contribution in [0.5, 0.6) is 0 Å². The summed E-state index contributed by atoms with van der Waals surface area (Å²) in [6.07, 6.45) is 6.50. The van der Waals surface area contributed by atoms with Gasteiger partial charge in [0.15, 0.2) is 0 Å². The van der Waals surface area contributed by atoms with E-state index in [1.54, 1.807) is 16.1 Å². The van der Waals surface area contributed by atoms with Gasteiger partial charge in [0.2, 0.25) is 11.8 Å². The van der Waals surface area contributed by atoms with Crippen molar-refractivity contribution in [2.75, 3.05) is 13.1 Å². The zero-order valence-electron chi connectivity index (χ0n) is 19.1. The Morgan fingerprint density at radius 3 is 2.41 bits per heavy atom. The van der Waals surface area contributed by atoms with Gasteiger partial charge in [-0.25, -0.2) is 0 Å². The van der Waals surface area contributed by atoms with Gasteiger partial charge in [0, 0.05) is 31.9 Å². The quantitative estimate of drug-likeness (QED) is 0.423. The monoisotopic (exact) mass is 435 g/mol. The lowest BCUT2D eigenvalue weighted by Crippen LogP contribution is -2.43. The minimum Gasteiger partial charge on any atom is -0.467 e. The van der Waals surface area contributed by atoms with Crippen molar-refractivity contribution in [3.63, 3.8) is 0 Å². The van der Waals surface area contributed by atoms with E-state index >= 15 is 0 Å². The highest BCUT2D eigenvalue weighted by Gasteiger charge is 2.22. The smallest absolute Gasteiger partial charge is 0.242 e. The lowest BCUT2D eigenvalue weighted by atomic mass is 10.1. The standard InChI is InChI=1S/C26H33N3O3/c1-3-4-17-28(25(30)15-14-22-10-6-5-7-11-22)21-26(31)29(20-24-13-9-18-32-24)19-23-12-8-16-27(23)2/h5-13,16,18H,3-4,14-15,17,19-21H2,1-2H3. The number of nitrogens with zero attached hydrogens (tertiary/aromatic N) is 3. The summed E-state index contributed by atoms with van der Waals surface area (Å²) in [4.78, 5) is 29.8. The first-order valence-electron chi connectivity index (χ1n) is 11.3. The molecular weight excluding hydrogens is 402 g/mol. The number of hydrogen-bond acceptors (Lipinski definition) is 3. The van der Waals surface area contributed by atoms with Crippen LogP contribution in [0, 0.1) is 0 Å². The summed E-state index contributed by atoms with van der Waals surface area (Å²) in [6.45, 7) is 3.60. The lowest BCUT2D eigenvalue weighted by Gasteiger charge is -2.27. The fraction of sp³-hybridized carbons (Fsp3) is 0.385. The lowest BCUT2D eigenvalue weighted by molar-refractivity contribution is -0.141. The van der Waals surface area contributed by atoms with Gasteiger partial charge in [-0.15, -0.1) is 0 Å². The summed E-state index contributed by atoms with van der Waals surface area (Å²) >= 11 is 0. The maximum Gasteiger partial charge on any atom is 0.242 e. The maximum atomic E-state index is 13.3. The molecule has 0 bridgehead atoms. The normalized spacial score (nSPS) is 10.8. The van der Waals surface area contributed by atoms with Crippen LogP contribution in [0.2, 0.25) is 0 Å². The molecule has 0 unspecified atom stereocenters. The number of furan rings is 1. The van der Waals surface area contributed by atoms with Crippen molar-refractivity contribution in [3.8, 4) is 0 Å². The van der Waals surface area contributed by atoms with E-state index in [1.165, 1.54) is 0 Å². The second-order valence-electron chi connectivity index (χ2n) is 8.09. The van der Waals surface area contributed by atoms with Gasteiger partial charge in [-0.05, 0) is 42.7 Å². The molecule has 32 heavy (non-hydrogen) atoms. The van der Waals surface area contributed by atoms with Gasteiger partial charge in [0.1, 0.15) is 5.76 Å². The van der Waals surface area contributed by atoms with Gasteiger partial charge in [0.05, 0.1) is 25.9 Å². The van der Waals surface area contributed by atoms with Crippen molar-refractivity contribution in [3.05, 3.63) is 84.1 Å². The summed E-state index contributed by atoms with van der Waals surface area (Å²) in [6, 6.07) is 17.6. The third kappa shape index (κ3) is 6.87. The number of carbonyl (C=O) groups is 2. The van der Waals surface area contributed by atoms with E-state index in [4.69, 9.17) is 4.42 Å². The number of hydrogen-bond donors (Lipinski definition) is 0. The van der Waals surface area contributed by atoms with E-state index in [-0.39, 0.29) is 18.4 Å². The van der Waals surface area contributed by atoms with Gasteiger partial charge < -0.3 is 18.8 Å². The topological polar surface area (TPSA) is 58.7 Å². The molecule has 1 aromatic carbocycles. The molecule has 3 rings (SSSR count). The first-order valence-corrected chi connectivity index (χ1v) is 11.3. The molecule has 0 N–H and O–H groups in total. The molecule has 0 atom stereocenters. The average Bonchev–Trinajstić information content (AvgIpc) is 3.47. The predicted molar refractivity (Wildman–Crippen MR) is 125 cm³/mol. The number of carbonyl (C=O) groups excluding carboxylic acids is 2. The van der Waals surface area contributed by atoms with Crippen molar-refractivity contribution in [1.82, 2.24) is 14.4 Å². The van der Waals surface area contributed by atoms with Gasteiger partial charge in [0.25, 0.3) is 0 Å². The molecule has 3 aromatic rings. The molecule has 0 aliphatic heterocycles. The molecule has 170 valence electrons. The van der Waals surface area contributed by atoms with Crippen LogP contribution in [0.15, 0.2) is 71.5 Å². The highest BCUT2D eigenvalue weighted by molar-refractivity contribution is 5.85. The molecule has 0 spiro atoms. The van der Waals surface area contributed by atoms with Crippen molar-refractivity contribution in [1.29, 1.82) is 0 Å². The van der Waals surface area contributed by atoms with Crippen LogP contribution in [0.3, 0.4) is 0 Å². The Morgan fingerprint density at radius 1 is 0.938 bits per heavy atom. The van der Waals surface area contributed by atoms with E-state index in [1.807, 2.05) is 72.4 Å². The summed E-state index contributed by atoms with van der Waals surface area (Å²) in [5, 5.41) is 0. The Labute approximate surface area is 190 Å². The zero-order valence-corrected chi connectivity index (χ0v) is 19.1. The third-order valence-electron chi connectivity index (χ3n) is 5.61. The molecule has 0 aliphatic rings. The van der Waals surface area contributed by atoms with E-state index in [2.05, 4.69) is 6.92 Å². The Balaban J connectivity index is 1.68. The van der Waals surface area contributed by atoms with E-state index < -0.39 is 0 Å². The van der Waals surface area contributed by atoms with Crippen LogP contribution in [-0.4, -0.2) is 39.3 Å². The Morgan fingerprint density at radius 2 is 1.75 bits per heavy atom. The van der Waals surface area contributed by atoms with Crippen molar-refractivity contribution in [2.24, 2.45) is 7.05 Å². The van der Waals surface area contributed by atoms with E-state index in [9.17, 15) is 9.59 Å². The second kappa shape index (κ2) is 11.9. The molecule has 2 aromatic heterocycles. The van der Waals surface area contributed by atoms with Crippen molar-refractivity contribution < 1.29 is 14.0 Å². The van der Waals surface area contributed by atoms with Crippen LogP contribution in [0.25, 0.3) is 0 Å². The molecule has 2 heterocycles. The number of benzene rings is 1. The SMILES string of the molecule is CCCCN(CC(=O)N(Cc1ccco1)Cc1cccn1C)C(=O)CCc1ccccc1. The van der Waals surface area contributed by atoms with Crippen LogP contribution < -0.4 is 0 Å². The third-order valence-corrected chi connectivity index (χ3v) is 5.61. The Kier molecular flexibility index (Phi) is 8.72. The largest absolute Gasteiger partial charge is 0.467 e. The Hall–Kier alpha value is -3.28. The van der Waals surface area contributed by atoms with Gasteiger partial charge in [-0.2, -0.15) is 0 Å². The molecular formula is C26H33N3O3. The number of aryl methyl sites for hydroxylation is 2. The van der Waals surface area contributed by atoms with Crippen LogP contribution >= 0.6 is 0 Å². The average molecular weight is 436 g/mol. The number of rotatable bonds is 12. The van der Waals surface area contributed by atoms with Gasteiger partial charge in [-0.3, -0.25) is 9.59 Å². The fourth-order valence-corrected chi connectivity index (χ4v) is 3.64. The Bertz CT molecular complexity index is 963. The molecule has 6 nitrogen and oxygen atoms in total. The number of unbranched alkanes of at least 4 members (excludes halogenated alkanes) is 1. The summed E-state index contributed by atoms with van der Waals surface area (Å²) in [5.41, 5.74) is 2.16. The maximum absolute atomic E-state index is 13.3. The van der Waals surface area contributed by atoms with Crippen molar-refractivity contribution >= 4 is 11.8 Å². The highest BCUT2D eigenvalue weighted by atomic mass is 16.3. The van der Waals surface area contributed by atoms with Crippen LogP contribution in [0.4, 0.5) is 0 Å². The predicted octanol–water partition coefficient (Wildman–Crippen LogP) is 4.41. The summed E-state index contributed by atoms with van der Waals surface area (Å²) in [5.74, 6) is 0.669. The molecule has 0 saturated heterocycles. The molecule has 2 amide bonds. The van der Waals surface area contributed by atoms with Crippen LogP contribution in [0.1, 0.15) is 43.2 Å². The number of aromatic nitrogens is 1. The van der Waals surface area contributed by atoms with E-state index in [0.717, 1.165) is 29.9 Å². The first kappa shape index (κ1) is 23.4. The molecule has 0 radical (unpaired) electrons. The van der Waals surface area contributed by atoms with Crippen molar-refractivity contribution in [2.45, 2.75) is 45.7 Å². The highest BCUT2D eigenvalue weighted by Crippen LogP contribution is 2.13. The molecule has 0 aliphatic carbocycles. The van der Waals surface area contributed by atoms with Gasteiger partial charge >= 0.3 is 0 Å². The molecule has 6 heteroatoms. The fourth-order valence-electron chi connectivity index (χ4n) is 3.64. The first-order chi connectivity index (χ1) is 15.6. The minimum atomic E-state index is -0.0771. The summed E-state index contributed by atoms with van der Waals surface area (Å²) < 4.78 is 7.49. The second-order valence-corrected chi connectivity index (χ2v) is 8.09. The number of amides is 2.